The Morgan fingerprint density at radius 3 is 2.73 bits per heavy atom. The third-order valence-corrected chi connectivity index (χ3v) is 3.47. The highest BCUT2D eigenvalue weighted by Crippen LogP contribution is 2.27. The number of ether oxygens (including phenoxy) is 1. The van der Waals surface area contributed by atoms with Crippen LogP contribution in [0.5, 0.6) is 0 Å². The lowest BCUT2D eigenvalue weighted by Gasteiger charge is -2.43. The van der Waals surface area contributed by atoms with Crippen molar-refractivity contribution < 1.29 is 9.53 Å². The number of amides is 1. The van der Waals surface area contributed by atoms with Gasteiger partial charge in [0.25, 0.3) is 0 Å². The zero-order valence-electron chi connectivity index (χ0n) is 10.2. The molecule has 1 rings (SSSR count). The van der Waals surface area contributed by atoms with Crippen LogP contribution in [0.25, 0.3) is 0 Å². The van der Waals surface area contributed by atoms with Crippen LogP contribution < -0.4 is 0 Å². The molecular weight excluding hydrogens is 190 g/mol. The Bertz CT molecular complexity index is 218. The quantitative estimate of drug-likeness (QED) is 0.700. The van der Waals surface area contributed by atoms with Crippen LogP contribution in [0, 0.1) is 0 Å². The normalized spacial score (nSPS) is 21.5. The standard InChI is InChI=1S/C12H23NO2/c1-4-6-7-12(3,5-2)13-8-9-15-10-11(13)14/h4-10H2,1-3H3. The van der Waals surface area contributed by atoms with E-state index in [0.29, 0.717) is 6.61 Å². The molecule has 88 valence electrons. The largest absolute Gasteiger partial charge is 0.370 e. The number of carbonyl (C=O) groups is 1. The molecule has 0 radical (unpaired) electrons. The lowest BCUT2D eigenvalue weighted by Crippen LogP contribution is -2.54. The fourth-order valence-corrected chi connectivity index (χ4v) is 2.15. The van der Waals surface area contributed by atoms with Crippen molar-refractivity contribution in [3.63, 3.8) is 0 Å². The van der Waals surface area contributed by atoms with Gasteiger partial charge in [0.15, 0.2) is 0 Å². The maximum atomic E-state index is 11.8. The van der Waals surface area contributed by atoms with Crippen LogP contribution in [0.15, 0.2) is 0 Å². The van der Waals surface area contributed by atoms with Gasteiger partial charge in [-0.15, -0.1) is 0 Å². The molecule has 0 bridgehead atoms. The zero-order valence-corrected chi connectivity index (χ0v) is 10.2. The first-order chi connectivity index (χ1) is 7.14. The third kappa shape index (κ3) is 2.94. The third-order valence-electron chi connectivity index (χ3n) is 3.47. The topological polar surface area (TPSA) is 29.5 Å². The second kappa shape index (κ2) is 5.50. The Balaban J connectivity index is 2.65. The summed E-state index contributed by atoms with van der Waals surface area (Å²) in [7, 11) is 0. The van der Waals surface area contributed by atoms with Gasteiger partial charge in [0.2, 0.25) is 5.91 Å². The summed E-state index contributed by atoms with van der Waals surface area (Å²) in [5.41, 5.74) is 0.0386. The summed E-state index contributed by atoms with van der Waals surface area (Å²) in [4.78, 5) is 13.8. The number of morpholine rings is 1. The van der Waals surface area contributed by atoms with Gasteiger partial charge in [-0.05, 0) is 19.8 Å². The van der Waals surface area contributed by atoms with E-state index in [9.17, 15) is 4.79 Å². The Morgan fingerprint density at radius 2 is 2.20 bits per heavy atom. The van der Waals surface area contributed by atoms with Gasteiger partial charge in [0.1, 0.15) is 6.61 Å². The molecule has 3 nitrogen and oxygen atoms in total. The van der Waals surface area contributed by atoms with Crippen LogP contribution in [0.1, 0.15) is 46.5 Å². The smallest absolute Gasteiger partial charge is 0.249 e. The summed E-state index contributed by atoms with van der Waals surface area (Å²) in [6.07, 6.45) is 4.51. The van der Waals surface area contributed by atoms with Gasteiger partial charge in [0.05, 0.1) is 6.61 Å². The highest BCUT2D eigenvalue weighted by Gasteiger charge is 2.34. The van der Waals surface area contributed by atoms with Crippen molar-refractivity contribution in [1.29, 1.82) is 0 Å². The molecule has 1 amide bonds. The van der Waals surface area contributed by atoms with E-state index in [1.807, 2.05) is 4.90 Å². The second-order valence-electron chi connectivity index (χ2n) is 4.55. The first-order valence-electron chi connectivity index (χ1n) is 6.02. The number of hydrogen-bond donors (Lipinski definition) is 0. The summed E-state index contributed by atoms with van der Waals surface area (Å²) in [6, 6.07) is 0. The first-order valence-corrected chi connectivity index (χ1v) is 6.02. The number of carbonyl (C=O) groups excluding carboxylic acids is 1. The fourth-order valence-electron chi connectivity index (χ4n) is 2.15. The van der Waals surface area contributed by atoms with Crippen molar-refractivity contribution in [1.82, 2.24) is 4.90 Å². The molecule has 0 aromatic heterocycles. The molecule has 1 aliphatic heterocycles. The van der Waals surface area contributed by atoms with E-state index in [2.05, 4.69) is 20.8 Å². The molecule has 1 aliphatic rings. The van der Waals surface area contributed by atoms with E-state index >= 15 is 0 Å². The van der Waals surface area contributed by atoms with E-state index in [4.69, 9.17) is 4.74 Å². The predicted octanol–water partition coefficient (Wildman–Crippen LogP) is 2.20. The van der Waals surface area contributed by atoms with Crippen LogP contribution in [0.4, 0.5) is 0 Å². The molecule has 0 aromatic carbocycles. The van der Waals surface area contributed by atoms with Gasteiger partial charge in [0, 0.05) is 12.1 Å². The van der Waals surface area contributed by atoms with Crippen LogP contribution in [0.3, 0.4) is 0 Å². The molecule has 3 heteroatoms. The van der Waals surface area contributed by atoms with Crippen molar-refractivity contribution >= 4 is 5.91 Å². The van der Waals surface area contributed by atoms with Crippen molar-refractivity contribution in [2.45, 2.75) is 52.0 Å². The number of nitrogens with zero attached hydrogens (tertiary/aromatic N) is 1. The van der Waals surface area contributed by atoms with Gasteiger partial charge in [-0.25, -0.2) is 0 Å². The zero-order chi connectivity index (χ0) is 11.3. The van der Waals surface area contributed by atoms with Crippen LogP contribution in [0.2, 0.25) is 0 Å². The molecule has 1 atom stereocenters. The lowest BCUT2D eigenvalue weighted by atomic mass is 9.89. The second-order valence-corrected chi connectivity index (χ2v) is 4.55. The summed E-state index contributed by atoms with van der Waals surface area (Å²) < 4.78 is 5.16. The van der Waals surface area contributed by atoms with Crippen LogP contribution in [-0.4, -0.2) is 36.1 Å². The fraction of sp³-hybridized carbons (Fsp3) is 0.917. The maximum Gasteiger partial charge on any atom is 0.249 e. The number of hydrogen-bond acceptors (Lipinski definition) is 2. The highest BCUT2D eigenvalue weighted by atomic mass is 16.5. The average molecular weight is 213 g/mol. The minimum atomic E-state index is 0.0386. The number of unbranched alkanes of at least 4 members (excludes halogenated alkanes) is 1. The average Bonchev–Trinajstić information content (AvgIpc) is 2.26. The molecule has 1 fully saturated rings. The van der Waals surface area contributed by atoms with Gasteiger partial charge in [-0.2, -0.15) is 0 Å². The van der Waals surface area contributed by atoms with Crippen molar-refractivity contribution in [3.05, 3.63) is 0 Å². The number of rotatable bonds is 5. The SMILES string of the molecule is CCCCC(C)(CC)N1CCOCC1=O. The van der Waals surface area contributed by atoms with Gasteiger partial charge < -0.3 is 9.64 Å². The molecule has 0 N–H and O–H groups in total. The minimum absolute atomic E-state index is 0.0386. The highest BCUT2D eigenvalue weighted by molar-refractivity contribution is 5.78. The Labute approximate surface area is 92.8 Å². The Morgan fingerprint density at radius 1 is 1.47 bits per heavy atom. The van der Waals surface area contributed by atoms with E-state index in [1.54, 1.807) is 0 Å². The summed E-state index contributed by atoms with van der Waals surface area (Å²) in [6.45, 7) is 8.27. The van der Waals surface area contributed by atoms with E-state index < -0.39 is 0 Å². The van der Waals surface area contributed by atoms with E-state index in [1.165, 1.54) is 12.8 Å². The van der Waals surface area contributed by atoms with Gasteiger partial charge in [-0.1, -0.05) is 26.7 Å². The molecule has 15 heavy (non-hydrogen) atoms. The van der Waals surface area contributed by atoms with Crippen LogP contribution >= 0.6 is 0 Å². The van der Waals surface area contributed by atoms with Gasteiger partial charge in [-0.3, -0.25) is 4.79 Å². The summed E-state index contributed by atoms with van der Waals surface area (Å²) >= 11 is 0. The lowest BCUT2D eigenvalue weighted by molar-refractivity contribution is -0.151. The molecule has 0 aliphatic carbocycles. The summed E-state index contributed by atoms with van der Waals surface area (Å²) in [5.74, 6) is 0.154. The maximum absolute atomic E-state index is 11.8. The predicted molar refractivity (Wildman–Crippen MR) is 60.8 cm³/mol. The first kappa shape index (κ1) is 12.5. The molecule has 1 unspecified atom stereocenters. The van der Waals surface area contributed by atoms with E-state index in [0.717, 1.165) is 19.4 Å². The van der Waals surface area contributed by atoms with Crippen molar-refractivity contribution in [2.24, 2.45) is 0 Å². The van der Waals surface area contributed by atoms with Gasteiger partial charge >= 0.3 is 0 Å². The summed E-state index contributed by atoms with van der Waals surface area (Å²) in [5, 5.41) is 0. The van der Waals surface area contributed by atoms with Crippen LogP contribution in [-0.2, 0) is 9.53 Å². The molecule has 1 saturated heterocycles. The molecule has 0 saturated carbocycles. The molecule has 0 aromatic rings. The minimum Gasteiger partial charge on any atom is -0.370 e. The molecule has 1 heterocycles. The van der Waals surface area contributed by atoms with Crippen molar-refractivity contribution in [2.75, 3.05) is 19.8 Å². The molecular formula is C12H23NO2. The monoisotopic (exact) mass is 213 g/mol. The van der Waals surface area contributed by atoms with Crippen molar-refractivity contribution in [3.8, 4) is 0 Å². The Hall–Kier alpha value is -0.570. The Kier molecular flexibility index (Phi) is 4.58. The molecule has 0 spiro atoms. The van der Waals surface area contributed by atoms with E-state index in [-0.39, 0.29) is 18.1 Å².